The minimum atomic E-state index is -0.0388. The third kappa shape index (κ3) is 1.88. The van der Waals surface area contributed by atoms with Gasteiger partial charge in [-0.25, -0.2) is 0 Å². The van der Waals surface area contributed by atoms with Crippen LogP contribution >= 0.6 is 0 Å². The van der Waals surface area contributed by atoms with Crippen LogP contribution in [0.2, 0.25) is 0 Å². The van der Waals surface area contributed by atoms with Gasteiger partial charge in [-0.1, -0.05) is 30.3 Å². The average Bonchev–Trinajstić information content (AvgIpc) is 2.51. The Hall–Kier alpha value is -2.86. The number of hydrogen-bond donors (Lipinski definition) is 0. The lowest BCUT2D eigenvalue weighted by molar-refractivity contribution is 0.907. The summed E-state index contributed by atoms with van der Waals surface area (Å²) in [6, 6.07) is 18.8. The first kappa shape index (κ1) is 12.2. The highest BCUT2D eigenvalue weighted by Crippen LogP contribution is 2.26. The summed E-state index contributed by atoms with van der Waals surface area (Å²) < 4.78 is 1.64. The molecule has 96 valence electrons. The largest absolute Gasteiger partial charge is 0.311 e. The zero-order valence-corrected chi connectivity index (χ0v) is 11.0. The molecule has 0 unspecified atom stereocenters. The van der Waals surface area contributed by atoms with E-state index in [1.165, 1.54) is 0 Å². The van der Waals surface area contributed by atoms with E-state index >= 15 is 0 Å². The molecule has 0 atom stereocenters. The molecule has 3 rings (SSSR count). The highest BCUT2D eigenvalue weighted by atomic mass is 16.1. The molecule has 0 aliphatic heterocycles. The molecule has 0 amide bonds. The second-order valence-electron chi connectivity index (χ2n) is 4.66. The molecule has 3 aromatic rings. The first-order chi connectivity index (χ1) is 9.70. The van der Waals surface area contributed by atoms with Gasteiger partial charge in [-0.15, -0.1) is 0 Å². The van der Waals surface area contributed by atoms with E-state index in [4.69, 9.17) is 5.26 Å². The van der Waals surface area contributed by atoms with Crippen LogP contribution in [0, 0.1) is 11.3 Å². The molecule has 0 bridgehead atoms. The van der Waals surface area contributed by atoms with E-state index in [1.54, 1.807) is 29.8 Å². The lowest BCUT2D eigenvalue weighted by atomic mass is 10.00. The van der Waals surface area contributed by atoms with Crippen LogP contribution in [-0.4, -0.2) is 4.57 Å². The van der Waals surface area contributed by atoms with Gasteiger partial charge in [0, 0.05) is 18.5 Å². The van der Waals surface area contributed by atoms with Crippen LogP contribution in [0.15, 0.2) is 59.4 Å². The molecular weight excluding hydrogens is 248 g/mol. The van der Waals surface area contributed by atoms with Gasteiger partial charge in [0.15, 0.2) is 0 Å². The van der Waals surface area contributed by atoms with Gasteiger partial charge >= 0.3 is 0 Å². The minimum absolute atomic E-state index is 0.0388. The molecule has 0 spiro atoms. The number of benzene rings is 2. The summed E-state index contributed by atoms with van der Waals surface area (Å²) in [5.74, 6) is 0. The molecule has 2 aromatic carbocycles. The average molecular weight is 260 g/mol. The Balaban J connectivity index is 2.33. The van der Waals surface area contributed by atoms with E-state index in [0.717, 1.165) is 22.0 Å². The van der Waals surface area contributed by atoms with Gasteiger partial charge in [-0.3, -0.25) is 4.79 Å². The third-order valence-electron chi connectivity index (χ3n) is 3.48. The molecular formula is C17H12N2O. The van der Waals surface area contributed by atoms with E-state index in [0.29, 0.717) is 5.56 Å². The van der Waals surface area contributed by atoms with Crippen LogP contribution in [0.1, 0.15) is 5.56 Å². The molecule has 1 heterocycles. The third-order valence-corrected chi connectivity index (χ3v) is 3.48. The molecule has 0 radical (unpaired) electrons. The zero-order valence-electron chi connectivity index (χ0n) is 11.0. The van der Waals surface area contributed by atoms with Crippen molar-refractivity contribution < 1.29 is 0 Å². The van der Waals surface area contributed by atoms with E-state index in [-0.39, 0.29) is 5.56 Å². The Labute approximate surface area is 116 Å². The lowest BCUT2D eigenvalue weighted by Gasteiger charge is -2.10. The molecule has 0 saturated heterocycles. The van der Waals surface area contributed by atoms with Crippen molar-refractivity contribution >= 4 is 10.9 Å². The summed E-state index contributed by atoms with van der Waals surface area (Å²) in [7, 11) is 1.77. The number of aryl methyl sites for hydroxylation is 1. The highest BCUT2D eigenvalue weighted by molar-refractivity contribution is 5.94. The summed E-state index contributed by atoms with van der Waals surface area (Å²) >= 11 is 0. The number of fused-ring (bicyclic) bond motifs is 1. The number of rotatable bonds is 1. The Bertz CT molecular complexity index is 883. The topological polar surface area (TPSA) is 45.8 Å². The van der Waals surface area contributed by atoms with Crippen LogP contribution in [-0.2, 0) is 7.05 Å². The number of hydrogen-bond acceptors (Lipinski definition) is 2. The number of nitrogens with zero attached hydrogens (tertiary/aromatic N) is 2. The normalized spacial score (nSPS) is 10.4. The van der Waals surface area contributed by atoms with Crippen LogP contribution < -0.4 is 5.56 Å². The van der Waals surface area contributed by atoms with Crippen LogP contribution in [0.5, 0.6) is 0 Å². The summed E-state index contributed by atoms with van der Waals surface area (Å²) in [4.78, 5) is 12.1. The quantitative estimate of drug-likeness (QED) is 0.675. The minimum Gasteiger partial charge on any atom is -0.311 e. The number of aromatic nitrogens is 1. The van der Waals surface area contributed by atoms with Crippen molar-refractivity contribution in [2.45, 2.75) is 0 Å². The fraction of sp³-hybridized carbons (Fsp3) is 0.0588. The number of nitriles is 1. The summed E-state index contributed by atoms with van der Waals surface area (Å²) in [5, 5.41) is 9.88. The van der Waals surface area contributed by atoms with E-state index in [1.807, 2.05) is 36.4 Å². The Morgan fingerprint density at radius 3 is 2.45 bits per heavy atom. The van der Waals surface area contributed by atoms with Crippen LogP contribution in [0.25, 0.3) is 22.0 Å². The van der Waals surface area contributed by atoms with Gasteiger partial charge in [0.25, 0.3) is 5.56 Å². The van der Waals surface area contributed by atoms with Gasteiger partial charge in [-0.2, -0.15) is 5.26 Å². The van der Waals surface area contributed by atoms with E-state index in [9.17, 15) is 4.79 Å². The summed E-state index contributed by atoms with van der Waals surface area (Å²) in [6.45, 7) is 0. The van der Waals surface area contributed by atoms with E-state index in [2.05, 4.69) is 6.07 Å². The molecule has 0 aliphatic carbocycles. The Morgan fingerprint density at radius 2 is 1.75 bits per heavy atom. The predicted octanol–water partition coefficient (Wildman–Crippen LogP) is 3.08. The Morgan fingerprint density at radius 1 is 1.05 bits per heavy atom. The molecule has 0 aliphatic rings. The first-order valence-corrected chi connectivity index (χ1v) is 6.30. The summed E-state index contributed by atoms with van der Waals surface area (Å²) in [6.07, 6.45) is 0. The molecule has 0 saturated carbocycles. The van der Waals surface area contributed by atoms with Gasteiger partial charge in [-0.05, 0) is 29.3 Å². The fourth-order valence-electron chi connectivity index (χ4n) is 2.37. The maximum atomic E-state index is 12.1. The molecule has 0 fully saturated rings. The molecule has 0 N–H and O–H groups in total. The first-order valence-electron chi connectivity index (χ1n) is 6.30. The molecule has 3 heteroatoms. The van der Waals surface area contributed by atoms with E-state index < -0.39 is 0 Å². The van der Waals surface area contributed by atoms with Crippen molar-refractivity contribution in [1.82, 2.24) is 4.57 Å². The second kappa shape index (κ2) is 4.67. The van der Waals surface area contributed by atoms with Crippen molar-refractivity contribution in [2.24, 2.45) is 7.05 Å². The number of pyridine rings is 1. The van der Waals surface area contributed by atoms with Crippen molar-refractivity contribution in [2.75, 3.05) is 0 Å². The smallest absolute Gasteiger partial charge is 0.251 e. The van der Waals surface area contributed by atoms with Gasteiger partial charge < -0.3 is 4.57 Å². The fourth-order valence-corrected chi connectivity index (χ4v) is 2.37. The Kier molecular flexibility index (Phi) is 2.85. The molecule has 1 aromatic heterocycles. The standard InChI is InChI=1S/C17H12N2O/c1-19-16-5-3-2-4-14(16)15(10-17(19)20)13-8-6-12(11-18)7-9-13/h2-10H,1H3. The van der Waals surface area contributed by atoms with Crippen molar-refractivity contribution in [1.29, 1.82) is 5.26 Å². The highest BCUT2D eigenvalue weighted by Gasteiger charge is 2.08. The second-order valence-corrected chi connectivity index (χ2v) is 4.66. The van der Waals surface area contributed by atoms with Gasteiger partial charge in [0.05, 0.1) is 17.1 Å². The van der Waals surface area contributed by atoms with Crippen LogP contribution in [0.4, 0.5) is 0 Å². The van der Waals surface area contributed by atoms with Crippen molar-refractivity contribution in [3.8, 4) is 17.2 Å². The lowest BCUT2D eigenvalue weighted by Crippen LogP contribution is -2.16. The number of para-hydroxylation sites is 1. The molecule has 20 heavy (non-hydrogen) atoms. The maximum Gasteiger partial charge on any atom is 0.251 e. The van der Waals surface area contributed by atoms with Crippen LogP contribution in [0.3, 0.4) is 0 Å². The predicted molar refractivity (Wildman–Crippen MR) is 79.3 cm³/mol. The monoisotopic (exact) mass is 260 g/mol. The van der Waals surface area contributed by atoms with Crippen molar-refractivity contribution in [3.63, 3.8) is 0 Å². The maximum absolute atomic E-state index is 12.1. The SMILES string of the molecule is Cn1c(=O)cc(-c2ccc(C#N)cc2)c2ccccc21. The molecule has 3 nitrogen and oxygen atoms in total. The van der Waals surface area contributed by atoms with Gasteiger partial charge in [0.2, 0.25) is 0 Å². The summed E-state index contributed by atoms with van der Waals surface area (Å²) in [5.41, 5.74) is 3.32. The zero-order chi connectivity index (χ0) is 14.1. The van der Waals surface area contributed by atoms with Gasteiger partial charge in [0.1, 0.15) is 0 Å². The van der Waals surface area contributed by atoms with Crippen molar-refractivity contribution in [3.05, 3.63) is 70.5 Å².